The lowest BCUT2D eigenvalue weighted by atomic mass is 9.89. The van der Waals surface area contributed by atoms with Gasteiger partial charge in [-0.05, 0) is 39.0 Å². The standard InChI is InChI=1S/C11H18O2/c1-10(2)5-7-11(9-12)6-3-4-8-13-11/h9H,1,3-8H2,2H3. The van der Waals surface area contributed by atoms with Crippen molar-refractivity contribution in [3.8, 4) is 0 Å². The van der Waals surface area contributed by atoms with Crippen LogP contribution in [0.15, 0.2) is 12.2 Å². The van der Waals surface area contributed by atoms with E-state index < -0.39 is 5.60 Å². The highest BCUT2D eigenvalue weighted by molar-refractivity contribution is 5.62. The van der Waals surface area contributed by atoms with Crippen molar-refractivity contribution in [3.05, 3.63) is 12.2 Å². The fourth-order valence-electron chi connectivity index (χ4n) is 1.65. The van der Waals surface area contributed by atoms with Gasteiger partial charge in [0.05, 0.1) is 0 Å². The second kappa shape index (κ2) is 4.56. The second-order valence-corrected chi connectivity index (χ2v) is 3.95. The average Bonchev–Trinajstić information content (AvgIpc) is 2.16. The Morgan fingerprint density at radius 1 is 1.62 bits per heavy atom. The van der Waals surface area contributed by atoms with Gasteiger partial charge in [-0.3, -0.25) is 0 Å². The van der Waals surface area contributed by atoms with E-state index in [2.05, 4.69) is 6.58 Å². The molecule has 1 rings (SSSR count). The van der Waals surface area contributed by atoms with Crippen LogP contribution < -0.4 is 0 Å². The lowest BCUT2D eigenvalue weighted by Crippen LogP contribution is -2.37. The lowest BCUT2D eigenvalue weighted by Gasteiger charge is -2.32. The van der Waals surface area contributed by atoms with Gasteiger partial charge in [-0.25, -0.2) is 0 Å². The summed E-state index contributed by atoms with van der Waals surface area (Å²) in [7, 11) is 0. The molecule has 0 N–H and O–H groups in total. The highest BCUT2D eigenvalue weighted by Crippen LogP contribution is 2.28. The molecular formula is C11H18O2. The monoisotopic (exact) mass is 182 g/mol. The van der Waals surface area contributed by atoms with Gasteiger partial charge in [0, 0.05) is 6.61 Å². The van der Waals surface area contributed by atoms with Crippen LogP contribution in [0.3, 0.4) is 0 Å². The number of aldehydes is 1. The van der Waals surface area contributed by atoms with Gasteiger partial charge in [0.2, 0.25) is 0 Å². The van der Waals surface area contributed by atoms with Gasteiger partial charge in [0.1, 0.15) is 5.60 Å². The molecule has 0 saturated carbocycles. The molecule has 74 valence electrons. The minimum absolute atomic E-state index is 0.489. The van der Waals surface area contributed by atoms with E-state index in [1.807, 2.05) is 6.92 Å². The van der Waals surface area contributed by atoms with Gasteiger partial charge in [-0.1, -0.05) is 5.57 Å². The summed E-state index contributed by atoms with van der Waals surface area (Å²) in [6.45, 7) is 6.55. The molecule has 0 bridgehead atoms. The maximum absolute atomic E-state index is 10.9. The fourth-order valence-corrected chi connectivity index (χ4v) is 1.65. The first kappa shape index (κ1) is 10.5. The molecule has 2 nitrogen and oxygen atoms in total. The van der Waals surface area contributed by atoms with Gasteiger partial charge >= 0.3 is 0 Å². The van der Waals surface area contributed by atoms with Gasteiger partial charge < -0.3 is 9.53 Å². The number of allylic oxidation sites excluding steroid dienone is 1. The molecular weight excluding hydrogens is 164 g/mol. The van der Waals surface area contributed by atoms with Crippen LogP contribution in [0, 0.1) is 0 Å². The molecule has 1 saturated heterocycles. The zero-order valence-electron chi connectivity index (χ0n) is 8.34. The summed E-state index contributed by atoms with van der Waals surface area (Å²) in [6, 6.07) is 0. The van der Waals surface area contributed by atoms with Crippen LogP contribution in [0.1, 0.15) is 39.0 Å². The van der Waals surface area contributed by atoms with Gasteiger partial charge in [0.25, 0.3) is 0 Å². The molecule has 1 heterocycles. The van der Waals surface area contributed by atoms with E-state index in [-0.39, 0.29) is 0 Å². The number of hydrogen-bond donors (Lipinski definition) is 0. The quantitative estimate of drug-likeness (QED) is 0.493. The minimum atomic E-state index is -0.489. The summed E-state index contributed by atoms with van der Waals surface area (Å²) in [5, 5.41) is 0. The van der Waals surface area contributed by atoms with E-state index in [4.69, 9.17) is 4.74 Å². The van der Waals surface area contributed by atoms with Gasteiger partial charge in [-0.15, -0.1) is 6.58 Å². The van der Waals surface area contributed by atoms with Crippen molar-refractivity contribution >= 4 is 6.29 Å². The van der Waals surface area contributed by atoms with Crippen molar-refractivity contribution in [2.45, 2.75) is 44.6 Å². The van der Waals surface area contributed by atoms with Crippen molar-refractivity contribution in [2.75, 3.05) is 6.61 Å². The fraction of sp³-hybridized carbons (Fsp3) is 0.727. The Bertz CT molecular complexity index is 190. The number of ether oxygens (including phenoxy) is 1. The van der Waals surface area contributed by atoms with Crippen molar-refractivity contribution in [3.63, 3.8) is 0 Å². The molecule has 1 unspecified atom stereocenters. The lowest BCUT2D eigenvalue weighted by molar-refractivity contribution is -0.138. The van der Waals surface area contributed by atoms with Crippen LogP contribution >= 0.6 is 0 Å². The van der Waals surface area contributed by atoms with Crippen LogP contribution in [0.2, 0.25) is 0 Å². The van der Waals surface area contributed by atoms with E-state index in [1.54, 1.807) is 0 Å². The topological polar surface area (TPSA) is 26.3 Å². The molecule has 0 amide bonds. The summed E-state index contributed by atoms with van der Waals surface area (Å²) in [5.41, 5.74) is 0.632. The summed E-state index contributed by atoms with van der Waals surface area (Å²) in [5.74, 6) is 0. The van der Waals surface area contributed by atoms with E-state index >= 15 is 0 Å². The summed E-state index contributed by atoms with van der Waals surface area (Å²) in [4.78, 5) is 10.9. The molecule has 1 fully saturated rings. The third kappa shape index (κ3) is 2.96. The second-order valence-electron chi connectivity index (χ2n) is 3.95. The number of hydrogen-bond acceptors (Lipinski definition) is 2. The first-order chi connectivity index (χ1) is 6.18. The molecule has 0 aromatic rings. The highest BCUT2D eigenvalue weighted by atomic mass is 16.5. The number of carbonyl (C=O) groups is 1. The van der Waals surface area contributed by atoms with Crippen LogP contribution in [0.4, 0.5) is 0 Å². The average molecular weight is 182 g/mol. The molecule has 1 atom stereocenters. The zero-order chi connectivity index (χ0) is 9.73. The zero-order valence-corrected chi connectivity index (χ0v) is 8.34. The molecule has 2 heteroatoms. The third-order valence-electron chi connectivity index (χ3n) is 2.57. The van der Waals surface area contributed by atoms with E-state index in [0.29, 0.717) is 0 Å². The third-order valence-corrected chi connectivity index (χ3v) is 2.57. The Morgan fingerprint density at radius 2 is 2.38 bits per heavy atom. The van der Waals surface area contributed by atoms with E-state index in [9.17, 15) is 4.79 Å². The van der Waals surface area contributed by atoms with Gasteiger partial charge in [0.15, 0.2) is 6.29 Å². The SMILES string of the molecule is C=C(C)CCC1(C=O)CCCCO1. The van der Waals surface area contributed by atoms with Crippen LogP contribution in [-0.2, 0) is 9.53 Å². The Hall–Kier alpha value is -0.630. The van der Waals surface area contributed by atoms with Crippen molar-refractivity contribution in [1.82, 2.24) is 0 Å². The molecule has 0 aromatic heterocycles. The first-order valence-electron chi connectivity index (χ1n) is 4.93. The molecule has 1 aliphatic heterocycles. The molecule has 1 aliphatic rings. The number of rotatable bonds is 4. The van der Waals surface area contributed by atoms with Gasteiger partial charge in [-0.2, -0.15) is 0 Å². The van der Waals surface area contributed by atoms with Crippen LogP contribution in [-0.4, -0.2) is 18.5 Å². The van der Waals surface area contributed by atoms with Crippen molar-refractivity contribution in [1.29, 1.82) is 0 Å². The Labute approximate surface area is 80.0 Å². The van der Waals surface area contributed by atoms with Crippen molar-refractivity contribution < 1.29 is 9.53 Å². The first-order valence-corrected chi connectivity index (χ1v) is 4.93. The largest absolute Gasteiger partial charge is 0.368 e. The maximum Gasteiger partial charge on any atom is 0.151 e. The summed E-state index contributed by atoms with van der Waals surface area (Å²) >= 11 is 0. The van der Waals surface area contributed by atoms with Crippen LogP contribution in [0.5, 0.6) is 0 Å². The normalized spacial score (nSPS) is 28.4. The van der Waals surface area contributed by atoms with E-state index in [1.165, 1.54) is 0 Å². The van der Waals surface area contributed by atoms with E-state index in [0.717, 1.165) is 50.6 Å². The maximum atomic E-state index is 10.9. The Balaban J connectivity index is 2.47. The van der Waals surface area contributed by atoms with Crippen molar-refractivity contribution in [2.24, 2.45) is 0 Å². The smallest absolute Gasteiger partial charge is 0.151 e. The minimum Gasteiger partial charge on any atom is -0.368 e. The Morgan fingerprint density at radius 3 is 2.85 bits per heavy atom. The molecule has 0 aliphatic carbocycles. The summed E-state index contributed by atoms with van der Waals surface area (Å²) in [6.07, 6.45) is 5.74. The summed E-state index contributed by atoms with van der Waals surface area (Å²) < 4.78 is 5.56. The molecule has 0 radical (unpaired) electrons. The molecule has 0 aromatic carbocycles. The van der Waals surface area contributed by atoms with Crippen LogP contribution in [0.25, 0.3) is 0 Å². The predicted molar refractivity (Wildman–Crippen MR) is 52.6 cm³/mol. The molecule has 0 spiro atoms. The molecule has 13 heavy (non-hydrogen) atoms. The highest BCUT2D eigenvalue weighted by Gasteiger charge is 2.32. The predicted octanol–water partition coefficient (Wildman–Crippen LogP) is 2.48. The number of carbonyl (C=O) groups excluding carboxylic acids is 1. The Kier molecular flexibility index (Phi) is 3.67.